The molecule has 0 spiro atoms. The van der Waals surface area contributed by atoms with E-state index in [1.54, 1.807) is 0 Å². The van der Waals surface area contributed by atoms with Gasteiger partial charge in [-0.15, -0.1) is 0 Å². The van der Waals surface area contributed by atoms with E-state index in [-0.39, 0.29) is 19.1 Å². The first-order valence-corrected chi connectivity index (χ1v) is 34.9. The van der Waals surface area contributed by atoms with Gasteiger partial charge in [-0.3, -0.25) is 13.8 Å². The summed E-state index contributed by atoms with van der Waals surface area (Å²) in [7, 11) is 1.64. The Bertz CT molecular complexity index is 1170. The molecule has 0 aromatic rings. The van der Waals surface area contributed by atoms with E-state index in [4.69, 9.17) is 9.05 Å². The van der Waals surface area contributed by atoms with Crippen molar-refractivity contribution in [3.8, 4) is 0 Å². The number of aliphatic hydroxyl groups is 1. The first-order chi connectivity index (χ1) is 36.0. The molecule has 0 aromatic carbocycles. The molecule has 0 aliphatic rings. The van der Waals surface area contributed by atoms with E-state index in [2.05, 4.69) is 19.2 Å². The summed E-state index contributed by atoms with van der Waals surface area (Å²) in [6, 6.07) is -0.756. The topological polar surface area (TPSA) is 105 Å². The summed E-state index contributed by atoms with van der Waals surface area (Å²) in [6.07, 6.45) is 70.5. The van der Waals surface area contributed by atoms with Crippen molar-refractivity contribution in [3.05, 3.63) is 0 Å². The molecule has 3 unspecified atom stereocenters. The number of phosphoric ester groups is 1. The highest BCUT2D eigenvalue weighted by molar-refractivity contribution is 7.47. The number of hydrogen-bond acceptors (Lipinski definition) is 5. The lowest BCUT2D eigenvalue weighted by Gasteiger charge is -2.26. The fraction of sp³-hybridized carbons (Fsp3) is 0.985. The second kappa shape index (κ2) is 57.2. The molecule has 0 fully saturated rings. The number of hydrogen-bond donors (Lipinski definition) is 3. The van der Waals surface area contributed by atoms with Crippen LogP contribution in [0.2, 0.25) is 0 Å². The summed E-state index contributed by atoms with van der Waals surface area (Å²) in [5.41, 5.74) is 0. The van der Waals surface area contributed by atoms with Gasteiger partial charge in [-0.1, -0.05) is 341 Å². The first kappa shape index (κ1) is 73.5. The van der Waals surface area contributed by atoms with Crippen LogP contribution in [0, 0.1) is 0 Å². The molecule has 0 radical (unpaired) electrons. The highest BCUT2D eigenvalue weighted by Crippen LogP contribution is 2.43. The molecule has 0 bridgehead atoms. The largest absolute Gasteiger partial charge is 0.472 e. The predicted octanol–water partition coefficient (Wildman–Crippen LogP) is 20.8. The Hall–Kier alpha value is -0.500. The van der Waals surface area contributed by atoms with Crippen molar-refractivity contribution in [2.45, 2.75) is 373 Å². The standard InChI is InChI=1S/C65H133N2O6P/c1-6-8-10-12-14-16-18-20-22-24-26-28-30-32-33-34-35-36-38-40-42-44-46-48-50-52-54-56-58-64(68)63(62-73-74(70,71)72-61-60-67(3,4)5)66-65(69)59-57-55-53-51-49-47-45-43-41-39-37-31-29-27-25-23-21-19-17-15-13-11-9-7-2/h63-64,68H,6-62H2,1-5H3,(H-,66,69,70,71)/p+1. The molecule has 74 heavy (non-hydrogen) atoms. The molecule has 8 nitrogen and oxygen atoms in total. The van der Waals surface area contributed by atoms with Crippen molar-refractivity contribution < 1.29 is 32.9 Å². The zero-order valence-electron chi connectivity index (χ0n) is 50.9. The van der Waals surface area contributed by atoms with E-state index in [0.717, 1.165) is 38.5 Å². The quantitative estimate of drug-likeness (QED) is 0.0318. The van der Waals surface area contributed by atoms with E-state index < -0.39 is 20.0 Å². The second-order valence-electron chi connectivity index (χ2n) is 24.6. The van der Waals surface area contributed by atoms with Gasteiger partial charge in [0.15, 0.2) is 0 Å². The lowest BCUT2D eigenvalue weighted by Crippen LogP contribution is -2.46. The monoisotopic (exact) mass is 1070 g/mol. The Morgan fingerprint density at radius 3 is 0.905 bits per heavy atom. The molecule has 0 rings (SSSR count). The summed E-state index contributed by atoms with van der Waals surface area (Å²) in [6.45, 7) is 4.96. The minimum atomic E-state index is -4.32. The maximum Gasteiger partial charge on any atom is 0.472 e. The highest BCUT2D eigenvalue weighted by atomic mass is 31.2. The number of rotatable bonds is 63. The third-order valence-electron chi connectivity index (χ3n) is 15.9. The summed E-state index contributed by atoms with van der Waals surface area (Å²) < 4.78 is 23.9. The molecule has 0 aliphatic heterocycles. The number of carbonyl (C=O) groups is 1. The highest BCUT2D eigenvalue weighted by Gasteiger charge is 2.28. The van der Waals surface area contributed by atoms with Gasteiger partial charge in [0.05, 0.1) is 39.9 Å². The number of nitrogens with zero attached hydrogens (tertiary/aromatic N) is 1. The van der Waals surface area contributed by atoms with Crippen LogP contribution < -0.4 is 5.32 Å². The molecule has 3 N–H and O–H groups in total. The van der Waals surface area contributed by atoms with Crippen LogP contribution in [0.5, 0.6) is 0 Å². The molecule has 0 aliphatic carbocycles. The van der Waals surface area contributed by atoms with E-state index in [1.165, 1.54) is 295 Å². The Kier molecular flexibility index (Phi) is 56.8. The fourth-order valence-corrected chi connectivity index (χ4v) is 11.4. The Balaban J connectivity index is 4.02. The van der Waals surface area contributed by atoms with Crippen molar-refractivity contribution in [2.75, 3.05) is 40.9 Å². The lowest BCUT2D eigenvalue weighted by molar-refractivity contribution is -0.870. The Morgan fingerprint density at radius 2 is 0.649 bits per heavy atom. The third-order valence-corrected chi connectivity index (χ3v) is 16.8. The molecular formula is C65H134N2O6P+. The normalized spacial score (nSPS) is 13.7. The third kappa shape index (κ3) is 59.2. The number of likely N-dealkylation sites (N-methyl/N-ethyl adjacent to an activating group) is 1. The van der Waals surface area contributed by atoms with Crippen molar-refractivity contribution in [2.24, 2.45) is 0 Å². The van der Waals surface area contributed by atoms with Gasteiger partial charge in [0.25, 0.3) is 0 Å². The fourth-order valence-electron chi connectivity index (χ4n) is 10.6. The van der Waals surface area contributed by atoms with E-state index >= 15 is 0 Å². The van der Waals surface area contributed by atoms with Gasteiger partial charge >= 0.3 is 7.82 Å². The van der Waals surface area contributed by atoms with Gasteiger partial charge < -0.3 is 19.8 Å². The first-order valence-electron chi connectivity index (χ1n) is 33.4. The summed E-state index contributed by atoms with van der Waals surface area (Å²) in [4.78, 5) is 23.4. The predicted molar refractivity (Wildman–Crippen MR) is 323 cm³/mol. The molecule has 1 amide bonds. The molecule has 3 atom stereocenters. The number of phosphoric acid groups is 1. The molecule has 444 valence electrons. The van der Waals surface area contributed by atoms with Crippen LogP contribution >= 0.6 is 7.82 Å². The van der Waals surface area contributed by atoms with E-state index in [0.29, 0.717) is 23.9 Å². The van der Waals surface area contributed by atoms with Crippen molar-refractivity contribution >= 4 is 13.7 Å². The summed E-state index contributed by atoms with van der Waals surface area (Å²) in [5, 5.41) is 14.1. The second-order valence-corrected chi connectivity index (χ2v) is 26.0. The van der Waals surface area contributed by atoms with Crippen LogP contribution in [0.3, 0.4) is 0 Å². The van der Waals surface area contributed by atoms with Crippen LogP contribution in [0.1, 0.15) is 361 Å². The molecule has 0 saturated carbocycles. The van der Waals surface area contributed by atoms with Gasteiger partial charge in [0.2, 0.25) is 5.91 Å². The number of unbranched alkanes of at least 4 members (excludes halogenated alkanes) is 50. The van der Waals surface area contributed by atoms with Crippen LogP contribution in [0.25, 0.3) is 0 Å². The smallest absolute Gasteiger partial charge is 0.391 e. The molecule has 0 saturated heterocycles. The molecule has 0 heterocycles. The zero-order chi connectivity index (χ0) is 54.2. The Labute approximate surface area is 463 Å². The number of carbonyl (C=O) groups excluding carboxylic acids is 1. The lowest BCUT2D eigenvalue weighted by atomic mass is 10.0. The van der Waals surface area contributed by atoms with E-state index in [1.807, 2.05) is 21.1 Å². The van der Waals surface area contributed by atoms with Gasteiger partial charge in [-0.2, -0.15) is 0 Å². The summed E-state index contributed by atoms with van der Waals surface area (Å²) in [5.74, 6) is -0.134. The summed E-state index contributed by atoms with van der Waals surface area (Å²) >= 11 is 0. The number of amides is 1. The maximum absolute atomic E-state index is 13.0. The van der Waals surface area contributed by atoms with Crippen molar-refractivity contribution in [3.63, 3.8) is 0 Å². The van der Waals surface area contributed by atoms with E-state index in [9.17, 15) is 19.4 Å². The van der Waals surface area contributed by atoms with Crippen molar-refractivity contribution in [1.82, 2.24) is 5.32 Å². The van der Waals surface area contributed by atoms with Crippen molar-refractivity contribution in [1.29, 1.82) is 0 Å². The maximum atomic E-state index is 13.0. The SMILES string of the molecule is CCCCCCCCCCCCCCCCCCCCCCCCCCCCCCC(O)C(COP(=O)(O)OCC[N+](C)(C)C)NC(=O)CCCCCCCCCCCCCCCCCCCCCCCCCC. The van der Waals surface area contributed by atoms with Gasteiger partial charge in [-0.05, 0) is 12.8 Å². The average molecular weight is 1070 g/mol. The van der Waals surface area contributed by atoms with Crippen LogP contribution in [-0.4, -0.2) is 73.4 Å². The minimum Gasteiger partial charge on any atom is -0.391 e. The molecule has 9 heteroatoms. The van der Waals surface area contributed by atoms with Crippen LogP contribution in [0.15, 0.2) is 0 Å². The van der Waals surface area contributed by atoms with Crippen LogP contribution in [-0.2, 0) is 18.4 Å². The van der Waals surface area contributed by atoms with Crippen LogP contribution in [0.4, 0.5) is 0 Å². The van der Waals surface area contributed by atoms with Gasteiger partial charge in [0, 0.05) is 6.42 Å². The zero-order valence-corrected chi connectivity index (χ0v) is 51.8. The number of nitrogens with one attached hydrogen (secondary N) is 1. The van der Waals surface area contributed by atoms with Gasteiger partial charge in [0.1, 0.15) is 13.2 Å². The Morgan fingerprint density at radius 1 is 0.405 bits per heavy atom. The average Bonchev–Trinajstić information content (AvgIpc) is 3.36. The number of aliphatic hydroxyl groups excluding tert-OH is 1. The van der Waals surface area contributed by atoms with Gasteiger partial charge in [-0.25, -0.2) is 4.57 Å². The number of quaternary nitrogens is 1. The molecular weight excluding hydrogens is 936 g/mol. The molecule has 0 aromatic heterocycles. The minimum absolute atomic E-state index is 0.0794.